The molecule has 5 heteroatoms. The highest BCUT2D eigenvalue weighted by Crippen LogP contribution is 2.33. The van der Waals surface area contributed by atoms with Crippen LogP contribution in [0.1, 0.15) is 18.5 Å². The number of halogens is 1. The number of hydrogen-bond acceptors (Lipinski definition) is 3. The largest absolute Gasteiger partial charge is 0.506 e. The Balaban J connectivity index is 2.11. The summed E-state index contributed by atoms with van der Waals surface area (Å²) in [5, 5.41) is 11.0. The van der Waals surface area contributed by atoms with E-state index in [4.69, 9.17) is 0 Å². The monoisotopic (exact) mass is 420 g/mol. The van der Waals surface area contributed by atoms with Crippen LogP contribution in [0.15, 0.2) is 82.3 Å². The predicted molar refractivity (Wildman–Crippen MR) is 111 cm³/mol. The number of rotatable bonds is 3. The van der Waals surface area contributed by atoms with E-state index in [9.17, 15) is 9.90 Å². The summed E-state index contributed by atoms with van der Waals surface area (Å²) < 4.78 is 2.22. The fourth-order valence-corrected chi connectivity index (χ4v) is 3.87. The van der Waals surface area contributed by atoms with Gasteiger partial charge in [0.05, 0.1) is 17.8 Å². The van der Waals surface area contributed by atoms with Crippen LogP contribution in [-0.4, -0.2) is 14.7 Å². The lowest BCUT2D eigenvalue weighted by molar-refractivity contribution is 0.478. The lowest BCUT2D eigenvalue weighted by Gasteiger charge is -2.21. The van der Waals surface area contributed by atoms with E-state index in [1.54, 1.807) is 10.6 Å². The van der Waals surface area contributed by atoms with Gasteiger partial charge in [-0.05, 0) is 40.0 Å². The molecule has 0 aliphatic heterocycles. The summed E-state index contributed by atoms with van der Waals surface area (Å²) in [6.45, 7) is 1.97. The molecule has 4 nitrogen and oxygen atoms in total. The molecule has 2 aromatic carbocycles. The van der Waals surface area contributed by atoms with Crippen molar-refractivity contribution in [3.63, 3.8) is 0 Å². The first-order chi connectivity index (χ1) is 13.1. The van der Waals surface area contributed by atoms with Gasteiger partial charge in [0, 0.05) is 10.9 Å². The van der Waals surface area contributed by atoms with Crippen LogP contribution in [0.5, 0.6) is 5.75 Å². The molecule has 0 radical (unpaired) electrons. The molecule has 27 heavy (non-hydrogen) atoms. The molecule has 2 heterocycles. The van der Waals surface area contributed by atoms with E-state index >= 15 is 0 Å². The average molecular weight is 421 g/mol. The van der Waals surface area contributed by atoms with Crippen molar-refractivity contribution in [2.24, 2.45) is 0 Å². The van der Waals surface area contributed by atoms with Gasteiger partial charge in [-0.3, -0.25) is 9.36 Å². The highest BCUT2D eigenvalue weighted by atomic mass is 79.9. The molecule has 0 aliphatic rings. The number of aromatic nitrogens is 2. The van der Waals surface area contributed by atoms with Gasteiger partial charge in [-0.1, -0.05) is 60.7 Å². The van der Waals surface area contributed by atoms with Crippen LogP contribution < -0.4 is 5.56 Å². The summed E-state index contributed by atoms with van der Waals surface area (Å²) in [6, 6.07) is 20.8. The Labute approximate surface area is 164 Å². The average Bonchev–Trinajstić information content (AvgIpc) is 2.71. The Morgan fingerprint density at radius 3 is 2.33 bits per heavy atom. The van der Waals surface area contributed by atoms with E-state index in [0.717, 1.165) is 11.1 Å². The molecule has 0 amide bonds. The van der Waals surface area contributed by atoms with Crippen molar-refractivity contribution >= 4 is 26.8 Å². The van der Waals surface area contributed by atoms with Crippen LogP contribution in [0, 0.1) is 0 Å². The van der Waals surface area contributed by atoms with E-state index in [0.29, 0.717) is 21.1 Å². The maximum Gasteiger partial charge on any atom is 0.259 e. The van der Waals surface area contributed by atoms with Crippen LogP contribution in [0.2, 0.25) is 0 Å². The molecule has 4 aromatic rings. The minimum atomic E-state index is -0.232. The molecule has 1 atom stereocenters. The molecule has 0 fully saturated rings. The molecule has 134 valence electrons. The third-order valence-corrected chi connectivity index (χ3v) is 5.34. The molecule has 1 N–H and O–H groups in total. The van der Waals surface area contributed by atoms with Crippen molar-refractivity contribution < 1.29 is 5.11 Å². The number of benzene rings is 2. The first kappa shape index (κ1) is 17.5. The standard InChI is InChI=1S/C22H17BrN2O2/c1-14(15-8-4-2-5-9-15)25-20-18(19(26)13-24-21(20)23)12-17(22(25)27)16-10-6-3-7-11-16/h2-14,26H,1H3/t14-/m0/s1. The van der Waals surface area contributed by atoms with Crippen LogP contribution in [-0.2, 0) is 0 Å². The number of pyridine rings is 2. The van der Waals surface area contributed by atoms with E-state index in [1.165, 1.54) is 6.20 Å². The first-order valence-corrected chi connectivity index (χ1v) is 9.40. The van der Waals surface area contributed by atoms with Gasteiger partial charge in [0.25, 0.3) is 5.56 Å². The van der Waals surface area contributed by atoms with Crippen LogP contribution in [0.4, 0.5) is 0 Å². The first-order valence-electron chi connectivity index (χ1n) is 8.61. The van der Waals surface area contributed by atoms with Crippen molar-refractivity contribution in [2.75, 3.05) is 0 Å². The van der Waals surface area contributed by atoms with Gasteiger partial charge in [-0.25, -0.2) is 4.98 Å². The second-order valence-electron chi connectivity index (χ2n) is 6.38. The summed E-state index contributed by atoms with van der Waals surface area (Å²) in [7, 11) is 0. The third-order valence-electron chi connectivity index (χ3n) is 4.76. The van der Waals surface area contributed by atoms with Crippen molar-refractivity contribution in [3.8, 4) is 16.9 Å². The maximum atomic E-state index is 13.5. The number of aromatic hydroxyl groups is 1. The van der Waals surface area contributed by atoms with Crippen molar-refractivity contribution in [1.29, 1.82) is 0 Å². The zero-order valence-corrected chi connectivity index (χ0v) is 16.2. The van der Waals surface area contributed by atoms with E-state index < -0.39 is 0 Å². The minimum absolute atomic E-state index is 0.0411. The highest BCUT2D eigenvalue weighted by Gasteiger charge is 2.20. The summed E-state index contributed by atoms with van der Waals surface area (Å²) in [6.07, 6.45) is 1.39. The Kier molecular flexibility index (Phi) is 4.54. The molecular weight excluding hydrogens is 404 g/mol. The quantitative estimate of drug-likeness (QED) is 0.466. The van der Waals surface area contributed by atoms with Crippen molar-refractivity contribution in [1.82, 2.24) is 9.55 Å². The van der Waals surface area contributed by atoms with E-state index in [-0.39, 0.29) is 17.4 Å². The van der Waals surface area contributed by atoms with E-state index in [1.807, 2.05) is 67.6 Å². The summed E-state index contributed by atoms with van der Waals surface area (Å²) in [4.78, 5) is 17.7. The fourth-order valence-electron chi connectivity index (χ4n) is 3.36. The number of hydrogen-bond donors (Lipinski definition) is 1. The van der Waals surface area contributed by atoms with Crippen molar-refractivity contribution in [3.05, 3.63) is 93.4 Å². The third kappa shape index (κ3) is 3.04. The molecule has 0 bridgehead atoms. The Morgan fingerprint density at radius 1 is 1.04 bits per heavy atom. The second-order valence-corrected chi connectivity index (χ2v) is 7.13. The normalized spacial score (nSPS) is 12.2. The molecular formula is C22H17BrN2O2. The molecule has 0 spiro atoms. The fraction of sp³-hybridized carbons (Fsp3) is 0.0909. The number of fused-ring (bicyclic) bond motifs is 1. The summed E-state index contributed by atoms with van der Waals surface area (Å²) in [5.41, 5.74) is 2.81. The highest BCUT2D eigenvalue weighted by molar-refractivity contribution is 9.10. The zero-order valence-electron chi connectivity index (χ0n) is 14.6. The molecule has 0 saturated heterocycles. The Morgan fingerprint density at radius 2 is 1.67 bits per heavy atom. The maximum absolute atomic E-state index is 13.5. The Bertz CT molecular complexity index is 1170. The lowest BCUT2D eigenvalue weighted by atomic mass is 10.0. The van der Waals surface area contributed by atoms with Gasteiger partial charge >= 0.3 is 0 Å². The topological polar surface area (TPSA) is 55.1 Å². The van der Waals surface area contributed by atoms with Crippen LogP contribution in [0.25, 0.3) is 22.0 Å². The van der Waals surface area contributed by atoms with Gasteiger partial charge in [-0.2, -0.15) is 0 Å². The minimum Gasteiger partial charge on any atom is -0.506 e. The Hall–Kier alpha value is -2.92. The molecule has 0 aliphatic carbocycles. The van der Waals surface area contributed by atoms with Crippen LogP contribution >= 0.6 is 15.9 Å². The molecule has 0 unspecified atom stereocenters. The van der Waals surface area contributed by atoms with Gasteiger partial charge in [-0.15, -0.1) is 0 Å². The summed E-state index contributed by atoms with van der Waals surface area (Å²) >= 11 is 3.46. The van der Waals surface area contributed by atoms with Gasteiger partial charge < -0.3 is 5.11 Å². The van der Waals surface area contributed by atoms with Gasteiger partial charge in [0.15, 0.2) is 0 Å². The predicted octanol–water partition coefficient (Wildman–Crippen LogP) is 5.14. The van der Waals surface area contributed by atoms with Gasteiger partial charge in [0.1, 0.15) is 10.4 Å². The zero-order chi connectivity index (χ0) is 19.0. The molecule has 0 saturated carbocycles. The smallest absolute Gasteiger partial charge is 0.259 e. The molecule has 2 aromatic heterocycles. The SMILES string of the molecule is C[C@@H](c1ccccc1)n1c(=O)c(-c2ccccc2)cc2c(O)cnc(Br)c21. The number of nitrogens with zero attached hydrogens (tertiary/aromatic N) is 2. The van der Waals surface area contributed by atoms with E-state index in [2.05, 4.69) is 20.9 Å². The van der Waals surface area contributed by atoms with Gasteiger partial charge in [0.2, 0.25) is 0 Å². The second kappa shape index (κ2) is 7.00. The molecule has 4 rings (SSSR count). The lowest BCUT2D eigenvalue weighted by Crippen LogP contribution is -2.26. The van der Waals surface area contributed by atoms with Crippen LogP contribution in [0.3, 0.4) is 0 Å². The summed E-state index contributed by atoms with van der Waals surface area (Å²) in [5.74, 6) is 0.0411. The van der Waals surface area contributed by atoms with Crippen molar-refractivity contribution in [2.45, 2.75) is 13.0 Å².